The lowest BCUT2D eigenvalue weighted by molar-refractivity contribution is 0.102. The number of hydrogen-bond acceptors (Lipinski definition) is 5. The van der Waals surface area contributed by atoms with Gasteiger partial charge in [-0.1, -0.05) is 36.3 Å². The molecule has 1 aromatic carbocycles. The van der Waals surface area contributed by atoms with Crippen molar-refractivity contribution in [2.24, 2.45) is 0 Å². The molecular weight excluding hydrogens is 370 g/mol. The predicted octanol–water partition coefficient (Wildman–Crippen LogP) is 5.17. The van der Waals surface area contributed by atoms with Crippen molar-refractivity contribution >= 4 is 17.5 Å². The highest BCUT2D eigenvalue weighted by Gasteiger charge is 2.28. The molecule has 0 bridgehead atoms. The number of rotatable bonds is 8. The lowest BCUT2D eigenvalue weighted by atomic mass is 10.1. The molecule has 1 fully saturated rings. The van der Waals surface area contributed by atoms with Gasteiger partial charge in [0.1, 0.15) is 0 Å². The third-order valence-corrected chi connectivity index (χ3v) is 6.16. The van der Waals surface area contributed by atoms with E-state index in [1.807, 2.05) is 18.2 Å². The number of Topliss-reactive ketones (excluding diaryl/α,β-unsaturated/α-hetero) is 1. The fourth-order valence-electron chi connectivity index (χ4n) is 3.58. The lowest BCUT2D eigenvalue weighted by Crippen LogP contribution is -2.06. The molecule has 6 heteroatoms. The molecule has 0 spiro atoms. The van der Waals surface area contributed by atoms with Crippen LogP contribution in [-0.2, 0) is 12.2 Å². The van der Waals surface area contributed by atoms with Gasteiger partial charge < -0.3 is 9.09 Å². The molecule has 0 amide bonds. The third-order valence-electron chi connectivity index (χ3n) is 5.24. The van der Waals surface area contributed by atoms with Crippen LogP contribution in [0, 0.1) is 13.8 Å². The first-order chi connectivity index (χ1) is 13.6. The van der Waals surface area contributed by atoms with Crippen LogP contribution in [0.5, 0.6) is 0 Å². The van der Waals surface area contributed by atoms with Crippen LogP contribution in [0.3, 0.4) is 0 Å². The number of aryl methyl sites for hydroxylation is 2. The lowest BCUT2D eigenvalue weighted by Gasteiger charge is -2.07. The molecule has 2 heterocycles. The Morgan fingerprint density at radius 1 is 1.25 bits per heavy atom. The first-order valence-corrected chi connectivity index (χ1v) is 10.9. The smallest absolute Gasteiger partial charge is 0.236 e. The highest BCUT2D eigenvalue weighted by molar-refractivity contribution is 7.99. The zero-order valence-corrected chi connectivity index (χ0v) is 17.4. The summed E-state index contributed by atoms with van der Waals surface area (Å²) in [6.45, 7) is 6.27. The van der Waals surface area contributed by atoms with Gasteiger partial charge in [0.2, 0.25) is 11.7 Å². The normalized spacial score (nSPS) is 13.8. The Balaban J connectivity index is 1.34. The minimum atomic E-state index is 0.167. The summed E-state index contributed by atoms with van der Waals surface area (Å²) in [6.07, 6.45) is 3.45. The number of benzene rings is 1. The van der Waals surface area contributed by atoms with Gasteiger partial charge in [-0.3, -0.25) is 4.79 Å². The van der Waals surface area contributed by atoms with Gasteiger partial charge in [-0.15, -0.1) is 11.8 Å². The molecule has 0 aliphatic heterocycles. The Labute approximate surface area is 169 Å². The highest BCUT2D eigenvalue weighted by atomic mass is 32.2. The van der Waals surface area contributed by atoms with Crippen LogP contribution >= 0.6 is 11.8 Å². The van der Waals surface area contributed by atoms with Crippen LogP contribution in [0.1, 0.15) is 59.0 Å². The fourth-order valence-corrected chi connectivity index (χ4v) is 4.32. The first kappa shape index (κ1) is 19.0. The first-order valence-electron chi connectivity index (χ1n) is 9.78. The topological polar surface area (TPSA) is 60.9 Å². The third kappa shape index (κ3) is 3.92. The molecule has 28 heavy (non-hydrogen) atoms. The average molecular weight is 396 g/mol. The van der Waals surface area contributed by atoms with E-state index in [4.69, 9.17) is 4.52 Å². The van der Waals surface area contributed by atoms with Gasteiger partial charge in [-0.2, -0.15) is 4.98 Å². The summed E-state index contributed by atoms with van der Waals surface area (Å²) in [5.41, 5.74) is 5.35. The Kier molecular flexibility index (Phi) is 5.40. The molecular formula is C22H25N3O2S. The van der Waals surface area contributed by atoms with Crippen molar-refractivity contribution in [3.8, 4) is 11.4 Å². The van der Waals surface area contributed by atoms with E-state index in [9.17, 15) is 4.79 Å². The van der Waals surface area contributed by atoms with Gasteiger partial charge in [0.25, 0.3) is 0 Å². The number of aromatic nitrogens is 3. The molecule has 1 aliphatic rings. The quantitative estimate of drug-likeness (QED) is 0.493. The molecule has 0 N–H and O–H groups in total. The summed E-state index contributed by atoms with van der Waals surface area (Å²) >= 11 is 1.52. The molecule has 1 aliphatic carbocycles. The van der Waals surface area contributed by atoms with Gasteiger partial charge in [0, 0.05) is 28.6 Å². The molecule has 3 aromatic rings. The second kappa shape index (κ2) is 7.95. The van der Waals surface area contributed by atoms with E-state index in [1.54, 1.807) is 0 Å². The van der Waals surface area contributed by atoms with Crippen molar-refractivity contribution in [2.45, 2.75) is 51.8 Å². The molecule has 0 saturated heterocycles. The number of hydrogen-bond donors (Lipinski definition) is 0. The Morgan fingerprint density at radius 2 is 2.00 bits per heavy atom. The second-order valence-electron chi connectivity index (χ2n) is 7.36. The minimum absolute atomic E-state index is 0.167. The van der Waals surface area contributed by atoms with E-state index in [1.165, 1.54) is 35.9 Å². The van der Waals surface area contributed by atoms with Crippen molar-refractivity contribution in [2.75, 3.05) is 5.75 Å². The summed E-state index contributed by atoms with van der Waals surface area (Å²) in [4.78, 5) is 17.1. The van der Waals surface area contributed by atoms with Crippen LogP contribution in [0.25, 0.3) is 11.4 Å². The molecule has 0 unspecified atom stereocenters. The van der Waals surface area contributed by atoms with Crippen molar-refractivity contribution in [1.29, 1.82) is 0 Å². The Morgan fingerprint density at radius 3 is 2.68 bits per heavy atom. The second-order valence-corrected chi connectivity index (χ2v) is 8.35. The van der Waals surface area contributed by atoms with Gasteiger partial charge in [0.15, 0.2) is 5.78 Å². The van der Waals surface area contributed by atoms with E-state index in [-0.39, 0.29) is 5.78 Å². The standard InChI is InChI=1S/C22H25N3O2S/c1-4-16-5-7-17(8-6-16)22-23-21(27-24-22)13-28-12-20(26)19-11-14(2)25(15(19)3)18-9-10-18/h5-8,11,18H,4,9-10,12-13H2,1-3H3. The molecule has 0 radical (unpaired) electrons. The van der Waals surface area contributed by atoms with E-state index in [2.05, 4.69) is 47.6 Å². The van der Waals surface area contributed by atoms with Crippen LogP contribution in [0.4, 0.5) is 0 Å². The van der Waals surface area contributed by atoms with Gasteiger partial charge >= 0.3 is 0 Å². The van der Waals surface area contributed by atoms with Gasteiger partial charge in [-0.25, -0.2) is 0 Å². The maximum atomic E-state index is 12.7. The molecule has 5 nitrogen and oxygen atoms in total. The maximum absolute atomic E-state index is 12.7. The zero-order valence-electron chi connectivity index (χ0n) is 16.6. The average Bonchev–Trinajstić information content (AvgIpc) is 3.34. The van der Waals surface area contributed by atoms with Crippen molar-refractivity contribution in [1.82, 2.24) is 14.7 Å². The minimum Gasteiger partial charge on any atom is -0.345 e. The van der Waals surface area contributed by atoms with Gasteiger partial charge in [-0.05, 0) is 44.7 Å². The molecule has 1 saturated carbocycles. The summed E-state index contributed by atoms with van der Waals surface area (Å²) in [5, 5.41) is 4.07. The van der Waals surface area contributed by atoms with E-state index >= 15 is 0 Å². The van der Waals surface area contributed by atoms with Crippen LogP contribution < -0.4 is 0 Å². The van der Waals surface area contributed by atoms with Crippen LogP contribution in [-0.4, -0.2) is 26.2 Å². The maximum Gasteiger partial charge on any atom is 0.236 e. The van der Waals surface area contributed by atoms with Crippen molar-refractivity contribution in [3.05, 3.63) is 58.7 Å². The van der Waals surface area contributed by atoms with Crippen molar-refractivity contribution in [3.63, 3.8) is 0 Å². The number of ketones is 1. The SMILES string of the molecule is CCc1ccc(-c2noc(CSCC(=O)c3cc(C)n(C4CC4)c3C)n2)cc1. The molecule has 0 atom stereocenters. The number of nitrogens with zero attached hydrogens (tertiary/aromatic N) is 3. The van der Waals surface area contributed by atoms with Crippen LogP contribution in [0.2, 0.25) is 0 Å². The Hall–Kier alpha value is -2.34. The Bertz CT molecular complexity index is 984. The van der Waals surface area contributed by atoms with E-state index in [0.717, 1.165) is 23.2 Å². The van der Waals surface area contributed by atoms with Crippen molar-refractivity contribution < 1.29 is 9.32 Å². The van der Waals surface area contributed by atoms with E-state index in [0.29, 0.717) is 29.3 Å². The fraction of sp³-hybridized carbons (Fsp3) is 0.409. The monoisotopic (exact) mass is 395 g/mol. The van der Waals surface area contributed by atoms with E-state index < -0.39 is 0 Å². The van der Waals surface area contributed by atoms with Crippen LogP contribution in [0.15, 0.2) is 34.9 Å². The molecule has 2 aromatic heterocycles. The molecule has 146 valence electrons. The largest absolute Gasteiger partial charge is 0.345 e. The zero-order chi connectivity index (χ0) is 19.7. The number of thioether (sulfide) groups is 1. The summed E-state index contributed by atoms with van der Waals surface area (Å²) in [5.74, 6) is 2.26. The molecule has 4 rings (SSSR count). The summed E-state index contributed by atoms with van der Waals surface area (Å²) < 4.78 is 7.66. The highest BCUT2D eigenvalue weighted by Crippen LogP contribution is 2.38. The summed E-state index contributed by atoms with van der Waals surface area (Å²) in [6, 6.07) is 10.8. The van der Waals surface area contributed by atoms with Gasteiger partial charge in [0.05, 0.1) is 11.5 Å². The number of carbonyl (C=O) groups excluding carboxylic acids is 1. The number of carbonyl (C=O) groups is 1. The predicted molar refractivity (Wildman–Crippen MR) is 112 cm³/mol. The summed E-state index contributed by atoms with van der Waals surface area (Å²) in [7, 11) is 0.